The van der Waals surface area contributed by atoms with Crippen LogP contribution in [0.2, 0.25) is 0 Å². The molecule has 0 N–H and O–H groups in total. The van der Waals surface area contributed by atoms with Gasteiger partial charge in [0.05, 0.1) is 4.91 Å². The first-order valence-corrected chi connectivity index (χ1v) is 11.3. The molecule has 0 bridgehead atoms. The highest BCUT2D eigenvalue weighted by Gasteiger charge is 2.32. The molecule has 3 aromatic rings. The van der Waals surface area contributed by atoms with Crippen LogP contribution < -0.4 is 4.74 Å². The van der Waals surface area contributed by atoms with Crippen LogP contribution in [0.4, 0.5) is 4.79 Å². The number of carbonyl (C=O) groups is 2. The van der Waals surface area contributed by atoms with Gasteiger partial charge in [-0.2, -0.15) is 0 Å². The number of thioether (sulfide) groups is 1. The van der Waals surface area contributed by atoms with Crippen molar-refractivity contribution in [3.8, 4) is 11.4 Å². The number of halogens is 1. The Morgan fingerprint density at radius 2 is 1.71 bits per heavy atom. The lowest BCUT2D eigenvalue weighted by Gasteiger charge is -2.12. The number of likely N-dealkylation sites (N-methyl/N-ethyl adjacent to an activating group) is 1. The molecule has 31 heavy (non-hydrogen) atoms. The SMILES string of the molecule is Cc1cc(/C=C2/SC(=O)N(C)C2=O)c(C)n1-c1ccc(OCc2ccc(Br)cc2)cc1. The molecule has 1 saturated heterocycles. The molecule has 158 valence electrons. The van der Waals surface area contributed by atoms with Crippen LogP contribution in [0.1, 0.15) is 22.5 Å². The van der Waals surface area contributed by atoms with Gasteiger partial charge in [-0.3, -0.25) is 14.5 Å². The van der Waals surface area contributed by atoms with Gasteiger partial charge < -0.3 is 9.30 Å². The highest BCUT2D eigenvalue weighted by Crippen LogP contribution is 2.33. The number of rotatable bonds is 5. The molecule has 4 rings (SSSR count). The fourth-order valence-corrected chi connectivity index (χ4v) is 4.54. The Labute approximate surface area is 193 Å². The van der Waals surface area contributed by atoms with Gasteiger partial charge in [0.25, 0.3) is 11.1 Å². The predicted molar refractivity (Wildman–Crippen MR) is 127 cm³/mol. The average Bonchev–Trinajstić information content (AvgIpc) is 3.17. The van der Waals surface area contributed by atoms with Crippen LogP contribution in [0.25, 0.3) is 11.8 Å². The van der Waals surface area contributed by atoms with Crippen LogP contribution in [0.3, 0.4) is 0 Å². The number of carbonyl (C=O) groups excluding carboxylic acids is 2. The maximum absolute atomic E-state index is 12.2. The van der Waals surface area contributed by atoms with E-state index in [-0.39, 0.29) is 11.1 Å². The fourth-order valence-electron chi connectivity index (χ4n) is 3.46. The van der Waals surface area contributed by atoms with Gasteiger partial charge in [0.1, 0.15) is 12.4 Å². The highest BCUT2D eigenvalue weighted by molar-refractivity contribution is 9.10. The molecule has 2 heterocycles. The van der Waals surface area contributed by atoms with Crippen molar-refractivity contribution in [2.45, 2.75) is 20.5 Å². The van der Waals surface area contributed by atoms with Gasteiger partial charge in [0, 0.05) is 28.6 Å². The van der Waals surface area contributed by atoms with Crippen molar-refractivity contribution in [2.75, 3.05) is 7.05 Å². The number of imide groups is 1. The Morgan fingerprint density at radius 3 is 2.32 bits per heavy atom. The summed E-state index contributed by atoms with van der Waals surface area (Å²) in [6, 6.07) is 18.0. The molecule has 0 aliphatic carbocycles. The van der Waals surface area contributed by atoms with Crippen LogP contribution in [0.15, 0.2) is 64.0 Å². The Kier molecular flexibility index (Phi) is 6.07. The van der Waals surface area contributed by atoms with Gasteiger partial charge in [-0.1, -0.05) is 28.1 Å². The topological polar surface area (TPSA) is 51.5 Å². The van der Waals surface area contributed by atoms with E-state index in [1.807, 2.05) is 68.4 Å². The zero-order chi connectivity index (χ0) is 22.1. The van der Waals surface area contributed by atoms with Crippen molar-refractivity contribution in [3.05, 3.63) is 86.5 Å². The summed E-state index contributed by atoms with van der Waals surface area (Å²) < 4.78 is 9.07. The number of aryl methyl sites for hydroxylation is 1. The minimum absolute atomic E-state index is 0.246. The van der Waals surface area contributed by atoms with E-state index in [0.29, 0.717) is 11.5 Å². The Balaban J connectivity index is 1.53. The molecule has 0 spiro atoms. The third-order valence-corrected chi connectivity index (χ3v) is 6.65. The summed E-state index contributed by atoms with van der Waals surface area (Å²) in [5, 5.41) is -0.246. The largest absolute Gasteiger partial charge is 0.489 e. The molecule has 1 aliphatic heterocycles. The molecular formula is C24H21BrN2O3S. The first-order chi connectivity index (χ1) is 14.8. The summed E-state index contributed by atoms with van der Waals surface area (Å²) in [7, 11) is 1.50. The van der Waals surface area contributed by atoms with Crippen molar-refractivity contribution >= 4 is 44.9 Å². The predicted octanol–water partition coefficient (Wildman–Crippen LogP) is 6.10. The monoisotopic (exact) mass is 496 g/mol. The molecule has 2 aromatic carbocycles. The van der Waals surface area contributed by atoms with Gasteiger partial charge in [0.15, 0.2) is 0 Å². The standard InChI is InChI=1S/C24H21BrN2O3S/c1-15-12-18(13-22-23(28)26(3)24(29)31-22)16(2)27(15)20-8-10-21(11-9-20)30-14-17-4-6-19(25)7-5-17/h4-13H,14H2,1-3H3/b22-13+. The molecule has 2 amide bonds. The smallest absolute Gasteiger partial charge is 0.293 e. The molecule has 1 aromatic heterocycles. The van der Waals surface area contributed by atoms with Crippen LogP contribution in [-0.2, 0) is 11.4 Å². The van der Waals surface area contributed by atoms with Gasteiger partial charge in [0.2, 0.25) is 0 Å². The number of hydrogen-bond donors (Lipinski definition) is 0. The summed E-state index contributed by atoms with van der Waals surface area (Å²) >= 11 is 4.41. The second kappa shape index (κ2) is 8.77. The van der Waals surface area contributed by atoms with Crippen molar-refractivity contribution < 1.29 is 14.3 Å². The summed E-state index contributed by atoms with van der Waals surface area (Å²) in [6.07, 6.45) is 1.79. The molecule has 5 nitrogen and oxygen atoms in total. The lowest BCUT2D eigenvalue weighted by molar-refractivity contribution is -0.121. The van der Waals surface area contributed by atoms with Crippen molar-refractivity contribution in [3.63, 3.8) is 0 Å². The number of hydrogen-bond acceptors (Lipinski definition) is 4. The van der Waals surface area contributed by atoms with Gasteiger partial charge in [-0.05, 0) is 85.3 Å². The number of aromatic nitrogens is 1. The zero-order valence-electron chi connectivity index (χ0n) is 17.4. The van der Waals surface area contributed by atoms with Crippen LogP contribution >= 0.6 is 27.7 Å². The third-order valence-electron chi connectivity index (χ3n) is 5.16. The van der Waals surface area contributed by atoms with Crippen LogP contribution in [0, 0.1) is 13.8 Å². The van der Waals surface area contributed by atoms with Crippen molar-refractivity contribution in [1.82, 2.24) is 9.47 Å². The fraction of sp³-hybridized carbons (Fsp3) is 0.167. The van der Waals surface area contributed by atoms with E-state index in [0.717, 1.165) is 55.1 Å². The summed E-state index contributed by atoms with van der Waals surface area (Å²) in [6.45, 7) is 4.53. The Hall–Kier alpha value is -2.77. The third kappa shape index (κ3) is 4.48. The maximum atomic E-state index is 12.2. The normalized spacial score (nSPS) is 15.2. The Morgan fingerprint density at radius 1 is 1.03 bits per heavy atom. The van der Waals surface area contributed by atoms with E-state index in [2.05, 4.69) is 20.5 Å². The first-order valence-electron chi connectivity index (χ1n) is 9.71. The van der Waals surface area contributed by atoms with E-state index in [9.17, 15) is 9.59 Å². The molecule has 0 unspecified atom stereocenters. The quantitative estimate of drug-likeness (QED) is 0.400. The number of ether oxygens (including phenoxy) is 1. The first kappa shape index (κ1) is 21.5. The van der Waals surface area contributed by atoms with E-state index < -0.39 is 0 Å². The second-order valence-electron chi connectivity index (χ2n) is 7.31. The van der Waals surface area contributed by atoms with Crippen LogP contribution in [0.5, 0.6) is 5.75 Å². The van der Waals surface area contributed by atoms with Gasteiger partial charge in [-0.15, -0.1) is 0 Å². The molecular weight excluding hydrogens is 476 g/mol. The van der Waals surface area contributed by atoms with E-state index >= 15 is 0 Å². The van der Waals surface area contributed by atoms with Crippen molar-refractivity contribution in [1.29, 1.82) is 0 Å². The minimum atomic E-state index is -0.257. The molecule has 1 fully saturated rings. The number of benzene rings is 2. The van der Waals surface area contributed by atoms with Gasteiger partial charge in [-0.25, -0.2) is 0 Å². The van der Waals surface area contributed by atoms with E-state index in [1.54, 1.807) is 6.08 Å². The summed E-state index contributed by atoms with van der Waals surface area (Å²) in [5.74, 6) is 0.540. The van der Waals surface area contributed by atoms with Crippen molar-refractivity contribution in [2.24, 2.45) is 0 Å². The van der Waals surface area contributed by atoms with Crippen LogP contribution in [-0.4, -0.2) is 27.7 Å². The second-order valence-corrected chi connectivity index (χ2v) is 9.22. The van der Waals surface area contributed by atoms with E-state index in [4.69, 9.17) is 4.74 Å². The average molecular weight is 497 g/mol. The minimum Gasteiger partial charge on any atom is -0.489 e. The lowest BCUT2D eigenvalue weighted by atomic mass is 10.2. The summed E-state index contributed by atoms with van der Waals surface area (Å²) in [4.78, 5) is 25.6. The molecule has 1 aliphatic rings. The summed E-state index contributed by atoms with van der Waals surface area (Å²) in [5.41, 5.74) is 5.08. The highest BCUT2D eigenvalue weighted by atomic mass is 79.9. The molecule has 0 atom stereocenters. The molecule has 7 heteroatoms. The lowest BCUT2D eigenvalue weighted by Crippen LogP contribution is -2.22. The maximum Gasteiger partial charge on any atom is 0.293 e. The number of nitrogens with zero attached hydrogens (tertiary/aromatic N) is 2. The number of amides is 2. The Bertz CT molecular complexity index is 1180. The van der Waals surface area contributed by atoms with Gasteiger partial charge >= 0.3 is 0 Å². The molecule has 0 saturated carbocycles. The molecule has 0 radical (unpaired) electrons. The zero-order valence-corrected chi connectivity index (χ0v) is 19.8. The van der Waals surface area contributed by atoms with E-state index in [1.165, 1.54) is 7.05 Å².